The van der Waals surface area contributed by atoms with Gasteiger partial charge in [-0.1, -0.05) is 17.7 Å². The van der Waals surface area contributed by atoms with E-state index in [0.717, 1.165) is 35.9 Å². The zero-order valence-electron chi connectivity index (χ0n) is 12.5. The molecule has 1 spiro atoms. The van der Waals surface area contributed by atoms with E-state index >= 15 is 0 Å². The average molecular weight is 335 g/mol. The van der Waals surface area contributed by atoms with Crippen LogP contribution in [0.15, 0.2) is 30.5 Å². The number of aromatic nitrogens is 1. The Morgan fingerprint density at radius 2 is 2.32 bits per heavy atom. The van der Waals surface area contributed by atoms with Crippen molar-refractivity contribution in [2.45, 2.75) is 43.9 Å². The molecule has 2 aliphatic rings. The van der Waals surface area contributed by atoms with E-state index in [1.807, 2.05) is 18.3 Å². The molecule has 116 valence electrons. The van der Waals surface area contributed by atoms with Gasteiger partial charge >= 0.3 is 0 Å². The normalized spacial score (nSPS) is 31.2. The molecule has 3 atom stereocenters. The molecule has 22 heavy (non-hydrogen) atoms. The molecular weight excluding hydrogens is 316 g/mol. The summed E-state index contributed by atoms with van der Waals surface area (Å²) in [6, 6.07) is 8.82. The van der Waals surface area contributed by atoms with Gasteiger partial charge in [0.1, 0.15) is 5.60 Å². The van der Waals surface area contributed by atoms with Crippen LogP contribution >= 0.6 is 22.9 Å². The second-order valence-electron chi connectivity index (χ2n) is 6.28. The fourth-order valence-electron chi connectivity index (χ4n) is 3.83. The largest absolute Gasteiger partial charge is 0.369 e. The van der Waals surface area contributed by atoms with Gasteiger partial charge in [-0.15, -0.1) is 11.3 Å². The minimum Gasteiger partial charge on any atom is -0.369 e. The second-order valence-corrected chi connectivity index (χ2v) is 7.96. The first kappa shape index (κ1) is 14.6. The monoisotopic (exact) mass is 334 g/mol. The van der Waals surface area contributed by atoms with Crippen LogP contribution in [0.3, 0.4) is 0 Å². The zero-order valence-corrected chi connectivity index (χ0v) is 14.1. The Morgan fingerprint density at radius 3 is 3.14 bits per heavy atom. The highest BCUT2D eigenvalue weighted by Gasteiger charge is 2.46. The van der Waals surface area contributed by atoms with E-state index < -0.39 is 0 Å². The molecule has 0 amide bonds. The summed E-state index contributed by atoms with van der Waals surface area (Å²) in [5.74, 6) is 0. The fraction of sp³-hybridized carbons (Fsp3) is 0.471. The van der Waals surface area contributed by atoms with Crippen molar-refractivity contribution in [2.75, 3.05) is 6.61 Å². The van der Waals surface area contributed by atoms with Gasteiger partial charge in [0, 0.05) is 23.5 Å². The lowest BCUT2D eigenvalue weighted by molar-refractivity contribution is -0.0957. The number of halogens is 1. The molecular formula is C17H19ClN2OS. The molecule has 0 unspecified atom stereocenters. The highest BCUT2D eigenvalue weighted by Crippen LogP contribution is 2.49. The van der Waals surface area contributed by atoms with Crippen molar-refractivity contribution >= 4 is 22.9 Å². The summed E-state index contributed by atoms with van der Waals surface area (Å²) in [7, 11) is 0. The van der Waals surface area contributed by atoms with Crippen LogP contribution in [0.2, 0.25) is 4.34 Å². The van der Waals surface area contributed by atoms with Crippen LogP contribution in [-0.4, -0.2) is 17.6 Å². The minimum atomic E-state index is -0.210. The number of hydrogen-bond acceptors (Lipinski definition) is 4. The highest BCUT2D eigenvalue weighted by atomic mass is 35.5. The number of ether oxygens (including phenoxy) is 1. The summed E-state index contributed by atoms with van der Waals surface area (Å²) < 4.78 is 7.22. The van der Waals surface area contributed by atoms with Gasteiger partial charge in [0.2, 0.25) is 0 Å². The molecule has 0 saturated carbocycles. The van der Waals surface area contributed by atoms with E-state index in [0.29, 0.717) is 6.04 Å². The number of thiophene rings is 1. The van der Waals surface area contributed by atoms with Crippen LogP contribution in [0.4, 0.5) is 0 Å². The lowest BCUT2D eigenvalue weighted by Crippen LogP contribution is -2.49. The van der Waals surface area contributed by atoms with Crippen molar-refractivity contribution in [1.29, 1.82) is 0 Å². The molecule has 1 fully saturated rings. The Labute approximate surface area is 139 Å². The smallest absolute Gasteiger partial charge is 0.106 e. The van der Waals surface area contributed by atoms with Crippen LogP contribution in [0.25, 0.3) is 0 Å². The van der Waals surface area contributed by atoms with Gasteiger partial charge in [0.05, 0.1) is 22.7 Å². The van der Waals surface area contributed by atoms with Crippen LogP contribution in [-0.2, 0) is 16.8 Å². The first-order valence-corrected chi connectivity index (χ1v) is 8.95. The van der Waals surface area contributed by atoms with Crippen LogP contribution in [0.1, 0.15) is 41.9 Å². The maximum atomic E-state index is 6.35. The van der Waals surface area contributed by atoms with Crippen molar-refractivity contribution in [3.8, 4) is 0 Å². The van der Waals surface area contributed by atoms with Crippen molar-refractivity contribution in [3.05, 3.63) is 50.9 Å². The number of nitrogens with zero attached hydrogens (tertiary/aromatic N) is 1. The van der Waals surface area contributed by atoms with Gasteiger partial charge in [0.15, 0.2) is 0 Å². The summed E-state index contributed by atoms with van der Waals surface area (Å²) >= 11 is 7.97. The zero-order chi connectivity index (χ0) is 15.2. The van der Waals surface area contributed by atoms with Crippen molar-refractivity contribution in [2.24, 2.45) is 0 Å². The summed E-state index contributed by atoms with van der Waals surface area (Å²) in [4.78, 5) is 5.87. The van der Waals surface area contributed by atoms with E-state index in [9.17, 15) is 0 Å². The molecule has 0 radical (unpaired) electrons. The third kappa shape index (κ3) is 2.48. The number of piperidine rings is 1. The third-order valence-corrected chi connectivity index (χ3v) is 6.13. The summed E-state index contributed by atoms with van der Waals surface area (Å²) in [5, 5.41) is 3.67. The molecule has 0 bridgehead atoms. The van der Waals surface area contributed by atoms with Gasteiger partial charge in [-0.3, -0.25) is 4.98 Å². The van der Waals surface area contributed by atoms with Crippen LogP contribution < -0.4 is 5.32 Å². The minimum absolute atomic E-state index is 0.210. The van der Waals surface area contributed by atoms with Gasteiger partial charge in [-0.25, -0.2) is 0 Å². The number of fused-ring (bicyclic) bond motifs is 2. The molecule has 4 heterocycles. The predicted octanol–water partition coefficient (Wildman–Crippen LogP) is 4.08. The molecule has 4 rings (SSSR count). The Bertz CT molecular complexity index is 675. The number of hydrogen-bond donors (Lipinski definition) is 1. The van der Waals surface area contributed by atoms with Crippen molar-refractivity contribution in [1.82, 2.24) is 10.3 Å². The molecule has 1 saturated heterocycles. The Hall–Kier alpha value is -0.940. The maximum absolute atomic E-state index is 6.35. The maximum Gasteiger partial charge on any atom is 0.106 e. The van der Waals surface area contributed by atoms with E-state index in [2.05, 4.69) is 29.4 Å². The van der Waals surface area contributed by atoms with Gasteiger partial charge < -0.3 is 10.1 Å². The first-order valence-electron chi connectivity index (χ1n) is 7.76. The predicted molar refractivity (Wildman–Crippen MR) is 89.5 cm³/mol. The molecule has 0 aliphatic carbocycles. The van der Waals surface area contributed by atoms with Crippen molar-refractivity contribution < 1.29 is 4.74 Å². The van der Waals surface area contributed by atoms with E-state index in [-0.39, 0.29) is 11.6 Å². The lowest BCUT2D eigenvalue weighted by Gasteiger charge is -2.46. The first-order chi connectivity index (χ1) is 10.7. The Balaban J connectivity index is 1.73. The van der Waals surface area contributed by atoms with Crippen LogP contribution in [0, 0.1) is 0 Å². The molecule has 1 N–H and O–H groups in total. The van der Waals surface area contributed by atoms with Gasteiger partial charge in [-0.05, 0) is 43.5 Å². The van der Waals surface area contributed by atoms with E-state index in [1.54, 1.807) is 11.3 Å². The molecule has 2 aromatic heterocycles. The topological polar surface area (TPSA) is 34.2 Å². The molecule has 0 aromatic carbocycles. The molecule has 2 aromatic rings. The van der Waals surface area contributed by atoms with Crippen LogP contribution in [0.5, 0.6) is 0 Å². The number of nitrogens with one attached hydrogen (secondary N) is 1. The standard InChI is InChI=1S/C17H19ClN2OS/c1-11-9-17(10-14(20-11)13-4-2-3-6-19-13)16-12(5-7-21-17)8-15(18)22-16/h2-4,6,8,11,14,20H,5,7,9-10H2,1H3/t11-,14-,17-/m0/s1. The molecule has 5 heteroatoms. The Morgan fingerprint density at radius 1 is 1.41 bits per heavy atom. The highest BCUT2D eigenvalue weighted by molar-refractivity contribution is 7.16. The van der Waals surface area contributed by atoms with Gasteiger partial charge in [0.25, 0.3) is 0 Å². The van der Waals surface area contributed by atoms with E-state index in [4.69, 9.17) is 16.3 Å². The average Bonchev–Trinajstić information content (AvgIpc) is 2.90. The second kappa shape index (κ2) is 5.60. The number of rotatable bonds is 1. The van der Waals surface area contributed by atoms with E-state index in [1.165, 1.54) is 10.4 Å². The third-order valence-electron chi connectivity index (χ3n) is 4.64. The molecule has 2 aliphatic heterocycles. The summed E-state index contributed by atoms with van der Waals surface area (Å²) in [5.41, 5.74) is 2.25. The summed E-state index contributed by atoms with van der Waals surface area (Å²) in [6.07, 6.45) is 4.73. The quantitative estimate of drug-likeness (QED) is 0.853. The Kier molecular flexibility index (Phi) is 3.73. The van der Waals surface area contributed by atoms with Crippen molar-refractivity contribution in [3.63, 3.8) is 0 Å². The van der Waals surface area contributed by atoms with Gasteiger partial charge in [-0.2, -0.15) is 0 Å². The summed E-state index contributed by atoms with van der Waals surface area (Å²) in [6.45, 7) is 3.01. The number of pyridine rings is 1. The fourth-order valence-corrected chi connectivity index (χ4v) is 5.30. The molecule has 3 nitrogen and oxygen atoms in total. The SMILES string of the molecule is C[C@H]1C[C@@]2(C[C@@H](c3ccccn3)N1)OCCc1cc(Cl)sc12. The lowest BCUT2D eigenvalue weighted by atomic mass is 9.79.